The normalized spacial score (nSPS) is 14.3. The fourth-order valence-electron chi connectivity index (χ4n) is 2.00. The average molecular weight is 201 g/mol. The van der Waals surface area contributed by atoms with Crippen LogP contribution in [0.1, 0.15) is 29.5 Å². The van der Waals surface area contributed by atoms with Crippen molar-refractivity contribution in [2.45, 2.75) is 26.2 Å². The first-order chi connectivity index (χ1) is 7.15. The van der Waals surface area contributed by atoms with Gasteiger partial charge in [-0.25, -0.2) is 0 Å². The van der Waals surface area contributed by atoms with Gasteiger partial charge in [0.15, 0.2) is 0 Å². The smallest absolute Gasteiger partial charge is 0.0454 e. The number of hydrogen-bond donors (Lipinski definition) is 0. The maximum atomic E-state index is 10.5. The summed E-state index contributed by atoms with van der Waals surface area (Å²) in [5, 5.41) is 10.5. The van der Waals surface area contributed by atoms with Gasteiger partial charge in [0.05, 0.1) is 0 Å². The third-order valence-electron chi connectivity index (χ3n) is 2.74. The van der Waals surface area contributed by atoms with Gasteiger partial charge in [-0.15, -0.1) is 0 Å². The third kappa shape index (κ3) is 2.27. The Morgan fingerprint density at radius 1 is 1.40 bits per heavy atom. The molecule has 0 aliphatic heterocycles. The lowest BCUT2D eigenvalue weighted by atomic mass is 9.90. The minimum Gasteiger partial charge on any atom is -0.550 e. The van der Waals surface area contributed by atoms with E-state index in [4.69, 9.17) is 0 Å². The van der Waals surface area contributed by atoms with Gasteiger partial charge >= 0.3 is 0 Å². The number of fused-ring (bicyclic) bond motifs is 1. The molecule has 0 saturated heterocycles. The van der Waals surface area contributed by atoms with Crippen molar-refractivity contribution in [1.82, 2.24) is 0 Å². The number of carbonyl (C=O) groups is 1. The third-order valence-corrected chi connectivity index (χ3v) is 2.74. The van der Waals surface area contributed by atoms with E-state index >= 15 is 0 Å². The fraction of sp³-hybridized carbons (Fsp3) is 0.308. The lowest BCUT2D eigenvalue weighted by Crippen LogP contribution is -2.22. The Bertz CT molecular complexity index is 430. The van der Waals surface area contributed by atoms with Crippen LogP contribution in [0.4, 0.5) is 0 Å². The number of benzene rings is 1. The number of carboxylic acids is 1. The fourth-order valence-corrected chi connectivity index (χ4v) is 2.00. The summed E-state index contributed by atoms with van der Waals surface area (Å²) in [5.74, 6) is -0.989. The minimum atomic E-state index is -0.989. The highest BCUT2D eigenvalue weighted by Crippen LogP contribution is 2.26. The Morgan fingerprint density at radius 2 is 2.20 bits per heavy atom. The van der Waals surface area contributed by atoms with Crippen molar-refractivity contribution in [3.05, 3.63) is 40.5 Å². The molecule has 0 spiro atoms. The van der Waals surface area contributed by atoms with Gasteiger partial charge in [0.2, 0.25) is 0 Å². The van der Waals surface area contributed by atoms with Crippen LogP contribution in [0.3, 0.4) is 0 Å². The molecule has 1 aliphatic rings. The maximum absolute atomic E-state index is 10.5. The predicted octanol–water partition coefficient (Wildman–Crippen LogP) is 1.46. The molecule has 0 unspecified atom stereocenters. The molecular weight excluding hydrogens is 188 g/mol. The molecule has 1 aromatic rings. The SMILES string of the molecule is Cc1ccc2c(c1)CCC(CC(=O)[O-])=C2. The molecule has 0 amide bonds. The molecule has 0 fully saturated rings. The van der Waals surface area contributed by atoms with Crippen molar-refractivity contribution in [1.29, 1.82) is 0 Å². The maximum Gasteiger partial charge on any atom is 0.0454 e. The summed E-state index contributed by atoms with van der Waals surface area (Å²) >= 11 is 0. The molecule has 1 aromatic carbocycles. The molecule has 0 heterocycles. The number of aryl methyl sites for hydroxylation is 2. The van der Waals surface area contributed by atoms with Crippen LogP contribution in [0.5, 0.6) is 0 Å². The van der Waals surface area contributed by atoms with Gasteiger partial charge in [0.25, 0.3) is 0 Å². The Balaban J connectivity index is 2.29. The first-order valence-electron chi connectivity index (χ1n) is 5.14. The van der Waals surface area contributed by atoms with Crippen molar-refractivity contribution in [3.63, 3.8) is 0 Å². The van der Waals surface area contributed by atoms with Crippen molar-refractivity contribution in [2.75, 3.05) is 0 Å². The Morgan fingerprint density at radius 3 is 2.93 bits per heavy atom. The first-order valence-corrected chi connectivity index (χ1v) is 5.14. The van der Waals surface area contributed by atoms with Crippen molar-refractivity contribution >= 4 is 12.0 Å². The minimum absolute atomic E-state index is 0.0628. The molecule has 78 valence electrons. The van der Waals surface area contributed by atoms with Crippen molar-refractivity contribution in [2.24, 2.45) is 0 Å². The summed E-state index contributed by atoms with van der Waals surface area (Å²) in [5.41, 5.74) is 4.69. The van der Waals surface area contributed by atoms with E-state index in [1.165, 1.54) is 11.1 Å². The standard InChI is InChI=1S/C13H14O2/c1-9-2-4-12-7-10(8-13(14)15)3-5-11(12)6-9/h2,4,6-7H,3,5,8H2,1H3,(H,14,15)/p-1. The van der Waals surface area contributed by atoms with Gasteiger partial charge in [-0.2, -0.15) is 0 Å². The number of carboxylic acid groups (broad SMARTS) is 1. The predicted molar refractivity (Wildman–Crippen MR) is 57.1 cm³/mol. The van der Waals surface area contributed by atoms with E-state index in [1.807, 2.05) is 6.08 Å². The van der Waals surface area contributed by atoms with E-state index in [-0.39, 0.29) is 6.42 Å². The summed E-state index contributed by atoms with van der Waals surface area (Å²) in [6.07, 6.45) is 3.82. The summed E-state index contributed by atoms with van der Waals surface area (Å²) < 4.78 is 0. The van der Waals surface area contributed by atoms with Gasteiger partial charge < -0.3 is 9.90 Å². The highest BCUT2D eigenvalue weighted by atomic mass is 16.4. The largest absolute Gasteiger partial charge is 0.550 e. The Labute approximate surface area is 89.2 Å². The van der Waals surface area contributed by atoms with Crippen LogP contribution in [-0.4, -0.2) is 5.97 Å². The molecule has 0 atom stereocenters. The van der Waals surface area contributed by atoms with Crippen molar-refractivity contribution < 1.29 is 9.90 Å². The zero-order chi connectivity index (χ0) is 10.8. The molecule has 0 radical (unpaired) electrons. The highest BCUT2D eigenvalue weighted by Gasteiger charge is 2.10. The van der Waals surface area contributed by atoms with E-state index in [2.05, 4.69) is 25.1 Å². The first kappa shape index (κ1) is 9.97. The van der Waals surface area contributed by atoms with E-state index in [1.54, 1.807) is 0 Å². The quantitative estimate of drug-likeness (QED) is 0.726. The zero-order valence-electron chi connectivity index (χ0n) is 8.75. The van der Waals surface area contributed by atoms with Crippen LogP contribution in [0.15, 0.2) is 23.8 Å². The molecule has 2 rings (SSSR count). The molecule has 0 bridgehead atoms. The topological polar surface area (TPSA) is 40.1 Å². The van der Waals surface area contributed by atoms with Crippen LogP contribution in [0, 0.1) is 6.92 Å². The highest BCUT2D eigenvalue weighted by molar-refractivity contribution is 5.72. The van der Waals surface area contributed by atoms with Crippen molar-refractivity contribution in [3.8, 4) is 0 Å². The lowest BCUT2D eigenvalue weighted by Gasteiger charge is -2.17. The van der Waals surface area contributed by atoms with E-state index in [0.29, 0.717) is 0 Å². The lowest BCUT2D eigenvalue weighted by molar-refractivity contribution is -0.304. The number of hydrogen-bond acceptors (Lipinski definition) is 2. The van der Waals surface area contributed by atoms with Crippen LogP contribution >= 0.6 is 0 Å². The summed E-state index contributed by atoms with van der Waals surface area (Å²) in [7, 11) is 0. The Hall–Kier alpha value is -1.57. The monoisotopic (exact) mass is 201 g/mol. The van der Waals surface area contributed by atoms with E-state index in [9.17, 15) is 9.90 Å². The number of rotatable bonds is 2. The summed E-state index contributed by atoms with van der Waals surface area (Å²) in [6, 6.07) is 6.28. The van der Waals surface area contributed by atoms with E-state index < -0.39 is 5.97 Å². The molecular formula is C13H13O2-. The molecule has 1 aliphatic carbocycles. The van der Waals surface area contributed by atoms with E-state index in [0.717, 1.165) is 24.0 Å². The second-order valence-corrected chi connectivity index (χ2v) is 4.05. The number of aliphatic carboxylic acids is 1. The Kier molecular flexibility index (Phi) is 2.58. The van der Waals surface area contributed by atoms with Gasteiger partial charge in [-0.3, -0.25) is 0 Å². The summed E-state index contributed by atoms with van der Waals surface area (Å²) in [4.78, 5) is 10.5. The number of carbonyl (C=O) groups excluding carboxylic acids is 1. The van der Waals surface area contributed by atoms with Crippen LogP contribution in [0.2, 0.25) is 0 Å². The van der Waals surface area contributed by atoms with Crippen LogP contribution in [-0.2, 0) is 11.2 Å². The second-order valence-electron chi connectivity index (χ2n) is 4.05. The van der Waals surface area contributed by atoms with Crippen LogP contribution in [0.25, 0.3) is 6.08 Å². The van der Waals surface area contributed by atoms with Gasteiger partial charge in [0.1, 0.15) is 0 Å². The molecule has 0 N–H and O–H groups in total. The zero-order valence-corrected chi connectivity index (χ0v) is 8.75. The second kappa shape index (κ2) is 3.89. The molecule has 0 aromatic heterocycles. The van der Waals surface area contributed by atoms with Gasteiger partial charge in [-0.05, 0) is 30.9 Å². The van der Waals surface area contributed by atoms with Gasteiger partial charge in [0, 0.05) is 12.4 Å². The summed E-state index contributed by atoms with van der Waals surface area (Å²) in [6.45, 7) is 2.07. The molecule has 2 nitrogen and oxygen atoms in total. The average Bonchev–Trinajstić information content (AvgIpc) is 2.17. The molecule has 2 heteroatoms. The molecule has 15 heavy (non-hydrogen) atoms. The molecule has 0 saturated carbocycles. The van der Waals surface area contributed by atoms with Gasteiger partial charge in [-0.1, -0.05) is 35.4 Å². The van der Waals surface area contributed by atoms with Crippen LogP contribution < -0.4 is 5.11 Å².